The predicted molar refractivity (Wildman–Crippen MR) is 149 cm³/mol. The summed E-state index contributed by atoms with van der Waals surface area (Å²) in [6.45, 7) is 17.8. The number of benzene rings is 1. The van der Waals surface area contributed by atoms with Crippen LogP contribution in [0.5, 0.6) is 11.5 Å². The number of aromatic hydroxyl groups is 1. The lowest BCUT2D eigenvalue weighted by Crippen LogP contribution is -2.34. The van der Waals surface area contributed by atoms with E-state index in [-0.39, 0.29) is 16.4 Å². The van der Waals surface area contributed by atoms with Gasteiger partial charge in [-0.05, 0) is 42.6 Å². The van der Waals surface area contributed by atoms with E-state index < -0.39 is 0 Å². The standard InChI is InChI=1S/C32H56O2/c1-9-11-13-15-17-19-21-32(22-20-18-16-14-12-10-2)24-25-27(34-32)23-26(30(3,4)5)29(33)28(25)31(6,7)8/h23,33H,9-22,24H2,1-8H3. The molecule has 0 atom stereocenters. The van der Waals surface area contributed by atoms with E-state index >= 15 is 0 Å². The van der Waals surface area contributed by atoms with Crippen molar-refractivity contribution >= 4 is 0 Å². The van der Waals surface area contributed by atoms with E-state index in [1.165, 1.54) is 82.6 Å². The van der Waals surface area contributed by atoms with Crippen LogP contribution in [0.2, 0.25) is 0 Å². The zero-order valence-corrected chi connectivity index (χ0v) is 24.0. The fourth-order valence-electron chi connectivity index (χ4n) is 5.78. The monoisotopic (exact) mass is 472 g/mol. The lowest BCUT2D eigenvalue weighted by molar-refractivity contribution is 0.0683. The first kappa shape index (κ1) is 29.1. The topological polar surface area (TPSA) is 29.5 Å². The zero-order valence-electron chi connectivity index (χ0n) is 24.0. The van der Waals surface area contributed by atoms with Gasteiger partial charge in [0.05, 0.1) is 0 Å². The van der Waals surface area contributed by atoms with Crippen molar-refractivity contribution in [3.05, 3.63) is 22.8 Å². The van der Waals surface area contributed by atoms with Crippen molar-refractivity contribution in [1.82, 2.24) is 0 Å². The zero-order chi connectivity index (χ0) is 25.4. The highest BCUT2D eigenvalue weighted by Crippen LogP contribution is 2.51. The molecule has 34 heavy (non-hydrogen) atoms. The van der Waals surface area contributed by atoms with Crippen molar-refractivity contribution in [2.24, 2.45) is 0 Å². The highest BCUT2D eigenvalue weighted by Gasteiger charge is 2.43. The van der Waals surface area contributed by atoms with Gasteiger partial charge in [0.2, 0.25) is 0 Å². The molecule has 0 spiro atoms. The van der Waals surface area contributed by atoms with E-state index in [4.69, 9.17) is 4.74 Å². The number of hydrogen-bond donors (Lipinski definition) is 1. The van der Waals surface area contributed by atoms with Gasteiger partial charge in [-0.25, -0.2) is 0 Å². The molecule has 0 fully saturated rings. The second-order valence-corrected chi connectivity index (χ2v) is 13.1. The van der Waals surface area contributed by atoms with Gasteiger partial charge in [-0.2, -0.15) is 0 Å². The van der Waals surface area contributed by atoms with Crippen molar-refractivity contribution in [3.8, 4) is 11.5 Å². The Bertz CT molecular complexity index is 732. The molecule has 2 rings (SSSR count). The molecule has 0 unspecified atom stereocenters. The minimum Gasteiger partial charge on any atom is -0.507 e. The first-order chi connectivity index (χ1) is 15.9. The van der Waals surface area contributed by atoms with Crippen LogP contribution in [-0.4, -0.2) is 10.7 Å². The van der Waals surface area contributed by atoms with E-state index in [1.54, 1.807) is 0 Å². The largest absolute Gasteiger partial charge is 0.507 e. The van der Waals surface area contributed by atoms with Crippen molar-refractivity contribution in [2.75, 3.05) is 0 Å². The van der Waals surface area contributed by atoms with Gasteiger partial charge in [-0.1, -0.05) is 120 Å². The number of phenolic OH excluding ortho intramolecular Hbond substituents is 1. The highest BCUT2D eigenvalue weighted by molar-refractivity contribution is 5.59. The van der Waals surface area contributed by atoms with Gasteiger partial charge >= 0.3 is 0 Å². The normalized spacial score (nSPS) is 15.4. The first-order valence-corrected chi connectivity index (χ1v) is 14.5. The number of ether oxygens (including phenoxy) is 1. The summed E-state index contributed by atoms with van der Waals surface area (Å²) in [5.74, 6) is 1.54. The third kappa shape index (κ3) is 7.92. The van der Waals surface area contributed by atoms with Gasteiger partial charge in [0.15, 0.2) is 0 Å². The van der Waals surface area contributed by atoms with Gasteiger partial charge in [0.1, 0.15) is 17.1 Å². The molecular weight excluding hydrogens is 416 g/mol. The molecule has 1 aliphatic rings. The molecule has 1 aliphatic heterocycles. The van der Waals surface area contributed by atoms with Gasteiger partial charge in [0.25, 0.3) is 0 Å². The van der Waals surface area contributed by atoms with Gasteiger partial charge in [-0.15, -0.1) is 0 Å². The van der Waals surface area contributed by atoms with Crippen LogP contribution in [0.15, 0.2) is 6.07 Å². The second-order valence-electron chi connectivity index (χ2n) is 13.1. The summed E-state index contributed by atoms with van der Waals surface area (Å²) in [6.07, 6.45) is 19.1. The summed E-state index contributed by atoms with van der Waals surface area (Å²) in [5, 5.41) is 11.4. The quantitative estimate of drug-likeness (QED) is 0.273. The number of unbranched alkanes of at least 4 members (excludes halogenated alkanes) is 10. The maximum absolute atomic E-state index is 11.4. The highest BCUT2D eigenvalue weighted by atomic mass is 16.5. The fraction of sp³-hybridized carbons (Fsp3) is 0.812. The molecule has 0 saturated carbocycles. The van der Waals surface area contributed by atoms with Crippen molar-refractivity contribution in [2.45, 2.75) is 168 Å². The lowest BCUT2D eigenvalue weighted by atomic mass is 9.75. The predicted octanol–water partition coefficient (Wildman–Crippen LogP) is 10.2. The third-order valence-corrected chi connectivity index (χ3v) is 7.72. The van der Waals surface area contributed by atoms with Gasteiger partial charge in [0, 0.05) is 23.1 Å². The Kier molecular flexibility index (Phi) is 10.8. The number of fused-ring (bicyclic) bond motifs is 1. The molecule has 0 saturated heterocycles. The summed E-state index contributed by atoms with van der Waals surface area (Å²) < 4.78 is 6.97. The molecule has 1 heterocycles. The molecule has 0 radical (unpaired) electrons. The van der Waals surface area contributed by atoms with Crippen LogP contribution in [0.1, 0.15) is 162 Å². The SMILES string of the molecule is CCCCCCCCC1(CCCCCCCC)Cc2c(cc(C(C)(C)C)c(O)c2C(C)(C)C)O1. The van der Waals surface area contributed by atoms with E-state index in [0.29, 0.717) is 5.75 Å². The van der Waals surface area contributed by atoms with Crippen LogP contribution in [0.4, 0.5) is 0 Å². The number of rotatable bonds is 14. The molecule has 0 amide bonds. The van der Waals surface area contributed by atoms with Crippen molar-refractivity contribution in [3.63, 3.8) is 0 Å². The lowest BCUT2D eigenvalue weighted by Gasteiger charge is -2.29. The summed E-state index contributed by atoms with van der Waals surface area (Å²) in [4.78, 5) is 0. The van der Waals surface area contributed by atoms with Gasteiger partial charge in [-0.3, -0.25) is 0 Å². The summed E-state index contributed by atoms with van der Waals surface area (Å²) >= 11 is 0. The Morgan fingerprint density at radius 3 is 1.65 bits per heavy atom. The maximum Gasteiger partial charge on any atom is 0.124 e. The Morgan fingerprint density at radius 1 is 0.735 bits per heavy atom. The average molecular weight is 473 g/mol. The molecular formula is C32H56O2. The molecule has 0 aliphatic carbocycles. The Balaban J connectivity index is 2.27. The van der Waals surface area contributed by atoms with Crippen LogP contribution in [0.3, 0.4) is 0 Å². The van der Waals surface area contributed by atoms with Crippen LogP contribution >= 0.6 is 0 Å². The molecule has 1 aromatic carbocycles. The first-order valence-electron chi connectivity index (χ1n) is 14.5. The molecule has 1 N–H and O–H groups in total. The molecule has 2 nitrogen and oxygen atoms in total. The molecule has 2 heteroatoms. The second kappa shape index (κ2) is 12.7. The Hall–Kier alpha value is -1.18. The van der Waals surface area contributed by atoms with Crippen LogP contribution in [-0.2, 0) is 17.3 Å². The number of phenols is 1. The Labute approximate surface area is 212 Å². The smallest absolute Gasteiger partial charge is 0.124 e. The molecule has 1 aromatic rings. The summed E-state index contributed by atoms with van der Waals surface area (Å²) in [6, 6.07) is 2.17. The number of hydrogen-bond acceptors (Lipinski definition) is 2. The molecule has 0 aromatic heterocycles. The van der Waals surface area contributed by atoms with Gasteiger partial charge < -0.3 is 9.84 Å². The third-order valence-electron chi connectivity index (χ3n) is 7.72. The minimum atomic E-state index is -0.119. The van der Waals surface area contributed by atoms with Crippen molar-refractivity contribution < 1.29 is 9.84 Å². The van der Waals surface area contributed by atoms with E-state index in [2.05, 4.69) is 61.5 Å². The fourth-order valence-corrected chi connectivity index (χ4v) is 5.78. The van der Waals surface area contributed by atoms with Crippen LogP contribution in [0, 0.1) is 0 Å². The molecule has 0 bridgehead atoms. The Morgan fingerprint density at radius 2 is 1.21 bits per heavy atom. The van der Waals surface area contributed by atoms with Crippen LogP contribution in [0.25, 0.3) is 0 Å². The van der Waals surface area contributed by atoms with E-state index in [0.717, 1.165) is 36.1 Å². The maximum atomic E-state index is 11.4. The van der Waals surface area contributed by atoms with E-state index in [1.807, 2.05) is 0 Å². The van der Waals surface area contributed by atoms with E-state index in [9.17, 15) is 5.11 Å². The molecule has 196 valence electrons. The average Bonchev–Trinajstić information content (AvgIpc) is 3.09. The summed E-state index contributed by atoms with van der Waals surface area (Å²) in [7, 11) is 0. The summed E-state index contributed by atoms with van der Waals surface area (Å²) in [5.41, 5.74) is 3.08. The minimum absolute atomic E-state index is 0.0964. The van der Waals surface area contributed by atoms with Crippen LogP contribution < -0.4 is 4.74 Å². The van der Waals surface area contributed by atoms with Crippen molar-refractivity contribution in [1.29, 1.82) is 0 Å².